The van der Waals surface area contributed by atoms with Crippen LogP contribution < -0.4 is 0 Å². The highest BCUT2D eigenvalue weighted by Crippen LogP contribution is 2.29. The smallest absolute Gasteiger partial charge is 0.303 e. The Morgan fingerprint density at radius 1 is 0.875 bits per heavy atom. The number of rotatable bonds is 5. The third-order valence-corrected chi connectivity index (χ3v) is 4.84. The molecule has 0 radical (unpaired) electrons. The quantitative estimate of drug-likeness (QED) is 0.544. The number of carboxylic acids is 1. The molecule has 0 fully saturated rings. The van der Waals surface area contributed by atoms with Gasteiger partial charge in [-0.3, -0.25) is 4.79 Å². The summed E-state index contributed by atoms with van der Waals surface area (Å²) in [4.78, 5) is 11.0. The van der Waals surface area contributed by atoms with Crippen LogP contribution in [0.1, 0.15) is 12.1 Å². The fraction of sp³-hybridized carbons (Fsp3) is 0.105. The van der Waals surface area contributed by atoms with Crippen LogP contribution in [0.15, 0.2) is 69.6 Å². The van der Waals surface area contributed by atoms with Gasteiger partial charge < -0.3 is 9.67 Å². The van der Waals surface area contributed by atoms with Crippen molar-refractivity contribution < 1.29 is 9.90 Å². The number of hydrogen-bond donors (Lipinski definition) is 1. The minimum absolute atomic E-state index is 0.111. The zero-order valence-electron chi connectivity index (χ0n) is 12.7. The maximum Gasteiger partial charge on any atom is 0.303 e. The molecule has 0 aliphatic rings. The predicted molar refractivity (Wildman–Crippen MR) is 103 cm³/mol. The minimum Gasteiger partial charge on any atom is -0.481 e. The molecule has 0 saturated carbocycles. The zero-order chi connectivity index (χ0) is 17.1. The first-order valence-corrected chi connectivity index (χ1v) is 9.07. The average Bonchev–Trinajstić information content (AvgIpc) is 2.98. The predicted octanol–water partition coefficient (Wildman–Crippen LogP) is 5.69. The molecule has 122 valence electrons. The third kappa shape index (κ3) is 3.79. The molecule has 0 spiro atoms. The van der Waals surface area contributed by atoms with E-state index in [4.69, 9.17) is 5.11 Å². The Morgan fingerprint density at radius 3 is 2.04 bits per heavy atom. The fourth-order valence-electron chi connectivity index (χ4n) is 2.65. The molecule has 3 rings (SSSR count). The molecule has 0 atom stereocenters. The van der Waals surface area contributed by atoms with Gasteiger partial charge in [0.1, 0.15) is 0 Å². The summed E-state index contributed by atoms with van der Waals surface area (Å²) in [5.74, 6) is -0.788. The standard InChI is InChI=1S/C19H15Br2NO2/c20-14-3-1-13(2-4-14)18-11-9-17(10-12-19(23)24)22(18)16-7-5-15(21)6-8-16/h1-9,11H,10,12H2,(H,23,24). The van der Waals surface area contributed by atoms with E-state index in [0.717, 1.165) is 31.6 Å². The minimum atomic E-state index is -0.788. The lowest BCUT2D eigenvalue weighted by molar-refractivity contribution is -0.136. The number of aliphatic carboxylic acids is 1. The van der Waals surface area contributed by atoms with Crippen LogP contribution in [0.4, 0.5) is 0 Å². The van der Waals surface area contributed by atoms with Gasteiger partial charge in [0.15, 0.2) is 0 Å². The molecule has 1 N–H and O–H groups in total. The summed E-state index contributed by atoms with van der Waals surface area (Å²) >= 11 is 6.91. The molecule has 3 aromatic rings. The van der Waals surface area contributed by atoms with Crippen molar-refractivity contribution in [2.24, 2.45) is 0 Å². The molecular weight excluding hydrogens is 434 g/mol. The molecule has 3 nitrogen and oxygen atoms in total. The van der Waals surface area contributed by atoms with Crippen molar-refractivity contribution in [2.75, 3.05) is 0 Å². The second kappa shape index (κ2) is 7.36. The van der Waals surface area contributed by atoms with Crippen molar-refractivity contribution >= 4 is 37.8 Å². The number of nitrogens with zero attached hydrogens (tertiary/aromatic N) is 1. The van der Waals surface area contributed by atoms with Gasteiger partial charge in [-0.15, -0.1) is 0 Å². The van der Waals surface area contributed by atoms with Gasteiger partial charge in [0.05, 0.1) is 12.1 Å². The van der Waals surface area contributed by atoms with Crippen molar-refractivity contribution in [3.05, 3.63) is 75.3 Å². The highest BCUT2D eigenvalue weighted by molar-refractivity contribution is 9.10. The van der Waals surface area contributed by atoms with Gasteiger partial charge in [0.25, 0.3) is 0 Å². The van der Waals surface area contributed by atoms with Crippen LogP contribution in [-0.2, 0) is 11.2 Å². The van der Waals surface area contributed by atoms with Crippen LogP contribution in [0.25, 0.3) is 16.9 Å². The van der Waals surface area contributed by atoms with Crippen LogP contribution in [0, 0.1) is 0 Å². The summed E-state index contributed by atoms with van der Waals surface area (Å²) in [5, 5.41) is 9.01. The second-order valence-electron chi connectivity index (χ2n) is 5.42. The number of carboxylic acid groups (broad SMARTS) is 1. The van der Waals surface area contributed by atoms with Crippen molar-refractivity contribution in [1.29, 1.82) is 0 Å². The van der Waals surface area contributed by atoms with Crippen LogP contribution in [0.5, 0.6) is 0 Å². The molecule has 0 unspecified atom stereocenters. The molecule has 0 bridgehead atoms. The van der Waals surface area contributed by atoms with Crippen LogP contribution in [0.2, 0.25) is 0 Å². The lowest BCUT2D eigenvalue weighted by Gasteiger charge is -2.14. The van der Waals surface area contributed by atoms with Crippen LogP contribution in [0.3, 0.4) is 0 Å². The molecule has 0 aliphatic heterocycles. The van der Waals surface area contributed by atoms with E-state index in [1.165, 1.54) is 0 Å². The molecule has 0 saturated heterocycles. The number of carbonyl (C=O) groups is 1. The van der Waals surface area contributed by atoms with Gasteiger partial charge >= 0.3 is 5.97 Å². The lowest BCUT2D eigenvalue weighted by atomic mass is 10.1. The average molecular weight is 449 g/mol. The molecule has 24 heavy (non-hydrogen) atoms. The van der Waals surface area contributed by atoms with E-state index < -0.39 is 5.97 Å². The van der Waals surface area contributed by atoms with Crippen molar-refractivity contribution in [2.45, 2.75) is 12.8 Å². The molecule has 1 aromatic heterocycles. The fourth-order valence-corrected chi connectivity index (χ4v) is 3.18. The zero-order valence-corrected chi connectivity index (χ0v) is 15.9. The van der Waals surface area contributed by atoms with Crippen molar-refractivity contribution in [3.8, 4) is 16.9 Å². The Labute approximate surface area is 157 Å². The first kappa shape index (κ1) is 17.0. The normalized spacial score (nSPS) is 10.8. The topological polar surface area (TPSA) is 42.2 Å². The Kier molecular flexibility index (Phi) is 5.21. The van der Waals surface area contributed by atoms with Crippen molar-refractivity contribution in [1.82, 2.24) is 4.57 Å². The van der Waals surface area contributed by atoms with Gasteiger partial charge in [-0.25, -0.2) is 0 Å². The Bertz CT molecular complexity index is 852. The molecule has 0 amide bonds. The number of aryl methyl sites for hydroxylation is 1. The highest BCUT2D eigenvalue weighted by Gasteiger charge is 2.13. The number of halogens is 2. The number of aromatic nitrogens is 1. The first-order valence-electron chi connectivity index (χ1n) is 7.49. The Balaban J connectivity index is 2.09. The maximum atomic E-state index is 11.0. The summed E-state index contributed by atoms with van der Waals surface area (Å²) < 4.78 is 4.16. The van der Waals surface area contributed by atoms with Gasteiger partial charge in [0.2, 0.25) is 0 Å². The second-order valence-corrected chi connectivity index (χ2v) is 7.25. The molecule has 0 aliphatic carbocycles. The Morgan fingerprint density at radius 2 is 1.46 bits per heavy atom. The molecule has 5 heteroatoms. The van der Waals surface area contributed by atoms with Gasteiger partial charge in [0, 0.05) is 20.3 Å². The van der Waals surface area contributed by atoms with E-state index in [1.807, 2.05) is 48.5 Å². The van der Waals surface area contributed by atoms with Gasteiger partial charge in [-0.1, -0.05) is 44.0 Å². The van der Waals surface area contributed by atoms with E-state index >= 15 is 0 Å². The lowest BCUT2D eigenvalue weighted by Crippen LogP contribution is -2.05. The summed E-state index contributed by atoms with van der Waals surface area (Å²) in [7, 11) is 0. The summed E-state index contributed by atoms with van der Waals surface area (Å²) in [6.07, 6.45) is 0.599. The maximum absolute atomic E-state index is 11.0. The third-order valence-electron chi connectivity index (χ3n) is 3.78. The summed E-state index contributed by atoms with van der Waals surface area (Å²) in [6, 6.07) is 20.2. The van der Waals surface area contributed by atoms with E-state index in [9.17, 15) is 4.79 Å². The van der Waals surface area contributed by atoms with E-state index in [0.29, 0.717) is 6.42 Å². The molecule has 2 aromatic carbocycles. The highest BCUT2D eigenvalue weighted by atomic mass is 79.9. The van der Waals surface area contributed by atoms with E-state index in [1.54, 1.807) is 0 Å². The molecule has 1 heterocycles. The number of hydrogen-bond acceptors (Lipinski definition) is 1. The largest absolute Gasteiger partial charge is 0.481 e. The SMILES string of the molecule is O=C(O)CCc1ccc(-c2ccc(Br)cc2)n1-c1ccc(Br)cc1. The van der Waals surface area contributed by atoms with E-state index in [2.05, 4.69) is 48.6 Å². The summed E-state index contributed by atoms with van der Waals surface area (Å²) in [5.41, 5.74) is 4.13. The van der Waals surface area contributed by atoms with Gasteiger partial charge in [-0.2, -0.15) is 0 Å². The first-order chi connectivity index (χ1) is 11.5. The van der Waals surface area contributed by atoms with Crippen LogP contribution in [-0.4, -0.2) is 15.6 Å². The Hall–Kier alpha value is -1.85. The summed E-state index contributed by atoms with van der Waals surface area (Å²) in [6.45, 7) is 0. The number of benzene rings is 2. The monoisotopic (exact) mass is 447 g/mol. The molecular formula is C19H15Br2NO2. The van der Waals surface area contributed by atoms with Gasteiger partial charge in [-0.05, 0) is 60.5 Å². The van der Waals surface area contributed by atoms with Crippen LogP contribution >= 0.6 is 31.9 Å². The van der Waals surface area contributed by atoms with E-state index in [-0.39, 0.29) is 6.42 Å². The van der Waals surface area contributed by atoms with Crippen molar-refractivity contribution in [3.63, 3.8) is 0 Å².